The summed E-state index contributed by atoms with van der Waals surface area (Å²) in [6.07, 6.45) is 0.850. The van der Waals surface area contributed by atoms with Gasteiger partial charge < -0.3 is 10.2 Å². The SMILES string of the molecule is CCc1ccc(N2C(=O)C(Cl)=C(Nc3ccc(C(=O)N(Cc4ccccc4)Cc4ccccc4)cc3)C2=O)cc1. The Bertz CT molecular complexity index is 1510. The van der Waals surface area contributed by atoms with Crippen molar-refractivity contribution in [3.05, 3.63) is 142 Å². The molecule has 7 heteroatoms. The van der Waals surface area contributed by atoms with E-state index in [0.717, 1.165) is 28.0 Å². The van der Waals surface area contributed by atoms with Crippen molar-refractivity contribution < 1.29 is 14.4 Å². The summed E-state index contributed by atoms with van der Waals surface area (Å²) in [5.41, 5.74) is 4.66. The number of benzene rings is 4. The third-order valence-corrected chi connectivity index (χ3v) is 7.10. The van der Waals surface area contributed by atoms with Crippen LogP contribution in [0.4, 0.5) is 11.4 Å². The minimum atomic E-state index is -0.581. The van der Waals surface area contributed by atoms with E-state index in [1.165, 1.54) is 0 Å². The van der Waals surface area contributed by atoms with Crippen LogP contribution in [0.1, 0.15) is 34.0 Å². The maximum absolute atomic E-state index is 13.6. The Labute approximate surface area is 238 Å². The van der Waals surface area contributed by atoms with E-state index >= 15 is 0 Å². The van der Waals surface area contributed by atoms with Crippen LogP contribution in [0.25, 0.3) is 0 Å². The molecule has 0 aliphatic carbocycles. The molecule has 0 radical (unpaired) electrons. The molecule has 6 nitrogen and oxygen atoms in total. The predicted octanol–water partition coefficient (Wildman–Crippen LogP) is 6.53. The molecule has 40 heavy (non-hydrogen) atoms. The lowest BCUT2D eigenvalue weighted by Crippen LogP contribution is -2.32. The molecule has 4 aromatic carbocycles. The minimum Gasteiger partial charge on any atom is -0.350 e. The van der Waals surface area contributed by atoms with Gasteiger partial charge in [0.15, 0.2) is 0 Å². The number of nitrogens with one attached hydrogen (secondary N) is 1. The lowest BCUT2D eigenvalue weighted by atomic mass is 10.1. The number of nitrogens with zero attached hydrogens (tertiary/aromatic N) is 2. The molecule has 3 amide bonds. The summed E-state index contributed by atoms with van der Waals surface area (Å²) in [6, 6.07) is 33.7. The van der Waals surface area contributed by atoms with Crippen LogP contribution >= 0.6 is 11.6 Å². The van der Waals surface area contributed by atoms with E-state index in [4.69, 9.17) is 11.6 Å². The first-order valence-electron chi connectivity index (χ1n) is 13.1. The molecule has 1 aliphatic heterocycles. The number of imide groups is 1. The smallest absolute Gasteiger partial charge is 0.283 e. The first-order chi connectivity index (χ1) is 19.4. The number of carbonyl (C=O) groups excluding carboxylic acids is 3. The summed E-state index contributed by atoms with van der Waals surface area (Å²) in [5.74, 6) is -1.23. The molecule has 0 saturated heterocycles. The van der Waals surface area contributed by atoms with E-state index in [1.54, 1.807) is 41.3 Å². The number of hydrogen-bond donors (Lipinski definition) is 1. The number of halogens is 1. The fourth-order valence-corrected chi connectivity index (χ4v) is 4.77. The van der Waals surface area contributed by atoms with Gasteiger partial charge in [0.1, 0.15) is 10.7 Å². The van der Waals surface area contributed by atoms with E-state index < -0.39 is 11.8 Å². The molecule has 0 aromatic heterocycles. The molecule has 4 aromatic rings. The molecule has 1 heterocycles. The van der Waals surface area contributed by atoms with Gasteiger partial charge in [-0.1, -0.05) is 91.3 Å². The highest BCUT2D eigenvalue weighted by Gasteiger charge is 2.39. The Morgan fingerprint density at radius 2 is 1.27 bits per heavy atom. The molecular weight excluding hydrogens is 522 g/mol. The molecule has 5 rings (SSSR count). The minimum absolute atomic E-state index is 0.0000861. The number of hydrogen-bond acceptors (Lipinski definition) is 4. The zero-order valence-corrected chi connectivity index (χ0v) is 22.8. The Morgan fingerprint density at radius 1 is 0.725 bits per heavy atom. The highest BCUT2D eigenvalue weighted by Crippen LogP contribution is 2.30. The molecule has 0 unspecified atom stereocenters. The van der Waals surface area contributed by atoms with Crippen molar-refractivity contribution in [1.82, 2.24) is 4.90 Å². The number of aryl methyl sites for hydroxylation is 1. The van der Waals surface area contributed by atoms with Crippen LogP contribution < -0.4 is 10.2 Å². The number of amides is 3. The summed E-state index contributed by atoms with van der Waals surface area (Å²) in [7, 11) is 0. The summed E-state index contributed by atoms with van der Waals surface area (Å²) in [5, 5.41) is 2.80. The van der Waals surface area contributed by atoms with Crippen LogP contribution in [0.3, 0.4) is 0 Å². The molecular formula is C33H28ClN3O3. The fraction of sp³-hybridized carbons (Fsp3) is 0.121. The maximum atomic E-state index is 13.6. The van der Waals surface area contributed by atoms with Gasteiger partial charge in [0.25, 0.3) is 17.7 Å². The van der Waals surface area contributed by atoms with E-state index in [2.05, 4.69) is 5.32 Å². The number of rotatable bonds is 9. The Kier molecular flexibility index (Phi) is 8.08. The highest BCUT2D eigenvalue weighted by atomic mass is 35.5. The average molecular weight is 550 g/mol. The van der Waals surface area contributed by atoms with Gasteiger partial charge in [0.2, 0.25) is 0 Å². The van der Waals surface area contributed by atoms with Crippen molar-refractivity contribution in [2.45, 2.75) is 26.4 Å². The lowest BCUT2D eigenvalue weighted by molar-refractivity contribution is -0.120. The standard InChI is InChI=1S/C33H28ClN3O3/c1-2-23-13-19-28(20-14-23)37-32(39)29(34)30(33(37)40)35-27-17-15-26(16-18-27)31(38)36(21-24-9-5-3-6-10-24)22-25-11-7-4-8-12-25/h3-20,35H,2,21-22H2,1H3. The van der Waals surface area contributed by atoms with Gasteiger partial charge in [0, 0.05) is 24.3 Å². The van der Waals surface area contributed by atoms with Crippen LogP contribution in [-0.4, -0.2) is 22.6 Å². The number of carbonyl (C=O) groups is 3. The Balaban J connectivity index is 1.32. The quantitative estimate of drug-likeness (QED) is 0.241. The van der Waals surface area contributed by atoms with Crippen LogP contribution in [0.15, 0.2) is 120 Å². The first-order valence-corrected chi connectivity index (χ1v) is 13.4. The molecule has 1 aliphatic rings. The topological polar surface area (TPSA) is 69.7 Å². The second-order valence-corrected chi connectivity index (χ2v) is 9.87. The normalized spacial score (nSPS) is 13.1. The number of anilines is 2. The van der Waals surface area contributed by atoms with Crippen LogP contribution in [0.2, 0.25) is 0 Å². The Hall–Kier alpha value is -4.68. The highest BCUT2D eigenvalue weighted by molar-refractivity contribution is 6.53. The van der Waals surface area contributed by atoms with Gasteiger partial charge >= 0.3 is 0 Å². The van der Waals surface area contributed by atoms with Crippen molar-refractivity contribution in [2.24, 2.45) is 0 Å². The molecule has 0 bridgehead atoms. The third kappa shape index (κ3) is 5.82. The van der Waals surface area contributed by atoms with Crippen LogP contribution in [0.5, 0.6) is 0 Å². The van der Waals surface area contributed by atoms with E-state index in [1.807, 2.05) is 79.7 Å². The first kappa shape index (κ1) is 26.9. The lowest BCUT2D eigenvalue weighted by Gasteiger charge is -2.23. The zero-order valence-electron chi connectivity index (χ0n) is 22.0. The van der Waals surface area contributed by atoms with Crippen molar-refractivity contribution >= 4 is 40.7 Å². The van der Waals surface area contributed by atoms with Gasteiger partial charge in [-0.3, -0.25) is 14.4 Å². The van der Waals surface area contributed by atoms with Crippen molar-refractivity contribution in [1.29, 1.82) is 0 Å². The molecule has 0 saturated carbocycles. The molecule has 0 atom stereocenters. The molecule has 200 valence electrons. The van der Waals surface area contributed by atoms with Gasteiger partial charge in [-0.2, -0.15) is 0 Å². The third-order valence-electron chi connectivity index (χ3n) is 6.75. The molecule has 0 spiro atoms. The average Bonchev–Trinajstić information content (AvgIpc) is 3.20. The predicted molar refractivity (Wildman–Crippen MR) is 158 cm³/mol. The maximum Gasteiger partial charge on any atom is 0.283 e. The van der Waals surface area contributed by atoms with Crippen LogP contribution in [-0.2, 0) is 29.1 Å². The largest absolute Gasteiger partial charge is 0.350 e. The van der Waals surface area contributed by atoms with E-state index in [0.29, 0.717) is 30.0 Å². The summed E-state index contributed by atoms with van der Waals surface area (Å²) >= 11 is 6.30. The summed E-state index contributed by atoms with van der Waals surface area (Å²) in [4.78, 5) is 42.4. The molecule has 0 fully saturated rings. The summed E-state index contributed by atoms with van der Waals surface area (Å²) in [6.45, 7) is 2.95. The van der Waals surface area contributed by atoms with Crippen molar-refractivity contribution in [3.63, 3.8) is 0 Å². The monoisotopic (exact) mass is 549 g/mol. The molecule has 1 N–H and O–H groups in total. The van der Waals surface area contributed by atoms with Gasteiger partial charge in [-0.05, 0) is 59.5 Å². The van der Waals surface area contributed by atoms with Gasteiger partial charge in [-0.15, -0.1) is 0 Å². The van der Waals surface area contributed by atoms with E-state index in [9.17, 15) is 14.4 Å². The Morgan fingerprint density at radius 3 is 1.80 bits per heavy atom. The van der Waals surface area contributed by atoms with Crippen LogP contribution in [0, 0.1) is 0 Å². The second-order valence-electron chi connectivity index (χ2n) is 9.49. The van der Waals surface area contributed by atoms with Gasteiger partial charge in [0.05, 0.1) is 5.69 Å². The van der Waals surface area contributed by atoms with Crippen molar-refractivity contribution in [2.75, 3.05) is 10.2 Å². The second kappa shape index (κ2) is 12.0. The zero-order chi connectivity index (χ0) is 28.1. The van der Waals surface area contributed by atoms with Crippen molar-refractivity contribution in [3.8, 4) is 0 Å². The van der Waals surface area contributed by atoms with E-state index in [-0.39, 0.29) is 16.6 Å². The fourth-order valence-electron chi connectivity index (χ4n) is 4.56. The summed E-state index contributed by atoms with van der Waals surface area (Å²) < 4.78 is 0. The van der Waals surface area contributed by atoms with Gasteiger partial charge in [-0.25, -0.2) is 4.90 Å².